The third-order valence-corrected chi connectivity index (χ3v) is 4.32. The van der Waals surface area contributed by atoms with Crippen molar-refractivity contribution in [2.24, 2.45) is 18.2 Å². The van der Waals surface area contributed by atoms with Gasteiger partial charge in [0.2, 0.25) is 10.0 Å². The second-order valence-corrected chi connectivity index (χ2v) is 7.51. The van der Waals surface area contributed by atoms with Gasteiger partial charge in [0.25, 0.3) is 5.91 Å². The molecule has 0 aliphatic heterocycles. The smallest absolute Gasteiger partial charge is 0.322 e. The molecule has 0 fully saturated rings. The van der Waals surface area contributed by atoms with Gasteiger partial charge in [-0.25, -0.2) is 8.42 Å². The van der Waals surface area contributed by atoms with Gasteiger partial charge in [-0.15, -0.1) is 0 Å². The van der Waals surface area contributed by atoms with Crippen molar-refractivity contribution in [3.63, 3.8) is 0 Å². The van der Waals surface area contributed by atoms with Crippen LogP contribution in [0.15, 0.2) is 17.2 Å². The van der Waals surface area contributed by atoms with Gasteiger partial charge in [-0.1, -0.05) is 20.8 Å². The molecule has 1 heterocycles. The van der Waals surface area contributed by atoms with Crippen LogP contribution in [-0.4, -0.2) is 36.0 Å². The van der Waals surface area contributed by atoms with E-state index in [9.17, 15) is 18.0 Å². The van der Waals surface area contributed by atoms with Crippen molar-refractivity contribution < 1.29 is 23.1 Å². The molecule has 21 heavy (non-hydrogen) atoms. The number of nitrogens with two attached hydrogens (primary N) is 1. The Balaban J connectivity index is 3.20. The molecule has 0 aromatic carbocycles. The number of aromatic nitrogens is 1. The molecule has 1 atom stereocenters. The fourth-order valence-corrected chi connectivity index (χ4v) is 3.21. The van der Waals surface area contributed by atoms with Crippen molar-refractivity contribution in [3.05, 3.63) is 18.0 Å². The number of sulfonamides is 1. The molecule has 0 aliphatic carbocycles. The Bertz CT molecular complexity index is 670. The maximum atomic E-state index is 12.2. The number of aliphatic carboxylic acids is 1. The summed E-state index contributed by atoms with van der Waals surface area (Å²) in [6.07, 6.45) is 1.20. The number of hydrogen-bond donors (Lipinski definition) is 3. The third-order valence-electron chi connectivity index (χ3n) is 2.93. The van der Waals surface area contributed by atoms with Gasteiger partial charge in [0.05, 0.1) is 0 Å². The number of aryl methyl sites for hydroxylation is 1. The number of primary amides is 1. The number of carbonyl (C=O) groups is 2. The Morgan fingerprint density at radius 2 is 1.90 bits per heavy atom. The van der Waals surface area contributed by atoms with Crippen LogP contribution < -0.4 is 10.5 Å². The number of carboxylic acid groups (broad SMARTS) is 1. The minimum absolute atomic E-state index is 0.0120. The molecule has 0 bridgehead atoms. The second-order valence-electron chi connectivity index (χ2n) is 5.79. The Labute approximate surface area is 123 Å². The van der Waals surface area contributed by atoms with Crippen molar-refractivity contribution in [3.8, 4) is 0 Å². The summed E-state index contributed by atoms with van der Waals surface area (Å²) >= 11 is 0. The lowest BCUT2D eigenvalue weighted by Crippen LogP contribution is -2.48. The summed E-state index contributed by atoms with van der Waals surface area (Å²) in [5, 5.41) is 9.16. The molecule has 0 unspecified atom stereocenters. The first-order chi connectivity index (χ1) is 9.36. The molecule has 8 nitrogen and oxygen atoms in total. The molecule has 0 saturated heterocycles. The van der Waals surface area contributed by atoms with Gasteiger partial charge < -0.3 is 15.4 Å². The Kier molecular flexibility index (Phi) is 4.49. The van der Waals surface area contributed by atoms with E-state index < -0.39 is 33.4 Å². The van der Waals surface area contributed by atoms with Crippen LogP contribution in [0.5, 0.6) is 0 Å². The van der Waals surface area contributed by atoms with Crippen LogP contribution in [0.25, 0.3) is 0 Å². The monoisotopic (exact) mass is 317 g/mol. The average molecular weight is 317 g/mol. The van der Waals surface area contributed by atoms with Crippen LogP contribution in [0.2, 0.25) is 0 Å². The van der Waals surface area contributed by atoms with Crippen LogP contribution in [0.4, 0.5) is 0 Å². The normalized spacial score (nSPS) is 13.9. The van der Waals surface area contributed by atoms with Crippen molar-refractivity contribution in [1.82, 2.24) is 9.29 Å². The maximum absolute atomic E-state index is 12.2. The van der Waals surface area contributed by atoms with Gasteiger partial charge in [-0.3, -0.25) is 9.59 Å². The third kappa shape index (κ3) is 3.82. The second kappa shape index (κ2) is 5.49. The molecule has 1 rings (SSSR count). The number of nitrogens with one attached hydrogen (secondary N) is 1. The fraction of sp³-hybridized carbons (Fsp3) is 0.500. The number of hydrogen-bond acceptors (Lipinski definition) is 4. The van der Waals surface area contributed by atoms with Gasteiger partial charge in [0.15, 0.2) is 0 Å². The topological polar surface area (TPSA) is 131 Å². The highest BCUT2D eigenvalue weighted by Gasteiger charge is 2.35. The molecule has 0 saturated carbocycles. The number of nitrogens with zero attached hydrogens (tertiary/aromatic N) is 1. The lowest BCUT2D eigenvalue weighted by Gasteiger charge is -2.27. The standard InChI is InChI=1S/C12H19N3O5S/c1-12(2,3)9(11(17)18)14-21(19,20)7-5-8(10(13)16)15(4)6-7/h5-6,9,14H,1-4H3,(H2,13,16)(H,17,18)/t9-/m0/s1. The van der Waals surface area contributed by atoms with Gasteiger partial charge in [-0.2, -0.15) is 4.72 Å². The highest BCUT2D eigenvalue weighted by Crippen LogP contribution is 2.22. The largest absolute Gasteiger partial charge is 0.480 e. The molecular formula is C12H19N3O5S. The zero-order valence-electron chi connectivity index (χ0n) is 12.2. The first kappa shape index (κ1) is 17.2. The Hall–Kier alpha value is -1.87. The van der Waals surface area contributed by atoms with Gasteiger partial charge in [0.1, 0.15) is 16.6 Å². The number of rotatable bonds is 5. The number of amides is 1. The van der Waals surface area contributed by atoms with E-state index in [1.54, 1.807) is 20.8 Å². The SMILES string of the molecule is Cn1cc(S(=O)(=O)N[C@@H](C(=O)O)C(C)(C)C)cc1C(N)=O. The molecule has 1 aromatic rings. The highest BCUT2D eigenvalue weighted by molar-refractivity contribution is 7.89. The van der Waals surface area contributed by atoms with Crippen LogP contribution in [-0.2, 0) is 21.9 Å². The summed E-state index contributed by atoms with van der Waals surface area (Å²) in [6, 6.07) is -0.202. The number of carbonyl (C=O) groups excluding carboxylic acids is 1. The lowest BCUT2D eigenvalue weighted by molar-refractivity contribution is -0.141. The molecule has 4 N–H and O–H groups in total. The average Bonchev–Trinajstić information content (AvgIpc) is 2.67. The summed E-state index contributed by atoms with van der Waals surface area (Å²) in [6.45, 7) is 4.82. The molecular weight excluding hydrogens is 298 g/mol. The molecule has 1 amide bonds. The molecule has 0 spiro atoms. The summed E-state index contributed by atoms with van der Waals surface area (Å²) in [5.41, 5.74) is 4.31. The van der Waals surface area contributed by atoms with E-state index in [1.165, 1.54) is 17.8 Å². The van der Waals surface area contributed by atoms with Crippen molar-refractivity contribution in [1.29, 1.82) is 0 Å². The van der Waals surface area contributed by atoms with Crippen LogP contribution in [0.1, 0.15) is 31.3 Å². The fourth-order valence-electron chi connectivity index (χ4n) is 1.75. The van der Waals surface area contributed by atoms with E-state index in [-0.39, 0.29) is 10.6 Å². The zero-order valence-corrected chi connectivity index (χ0v) is 13.1. The predicted octanol–water partition coefficient (Wildman–Crippen LogP) is -0.0984. The molecule has 0 aliphatic rings. The summed E-state index contributed by atoms with van der Waals surface area (Å²) in [7, 11) is -2.61. The van der Waals surface area contributed by atoms with Crippen molar-refractivity contribution >= 4 is 21.9 Å². The lowest BCUT2D eigenvalue weighted by atomic mass is 9.88. The predicted molar refractivity (Wildman–Crippen MR) is 75.1 cm³/mol. The minimum atomic E-state index is -4.08. The highest BCUT2D eigenvalue weighted by atomic mass is 32.2. The first-order valence-electron chi connectivity index (χ1n) is 6.07. The first-order valence-corrected chi connectivity index (χ1v) is 7.56. The summed E-state index contributed by atoms with van der Waals surface area (Å²) < 4.78 is 27.9. The van der Waals surface area contributed by atoms with E-state index in [0.29, 0.717) is 0 Å². The minimum Gasteiger partial charge on any atom is -0.480 e. The van der Waals surface area contributed by atoms with E-state index in [1.807, 2.05) is 0 Å². The Morgan fingerprint density at radius 3 is 2.24 bits per heavy atom. The molecule has 0 radical (unpaired) electrons. The van der Waals surface area contributed by atoms with E-state index in [2.05, 4.69) is 4.72 Å². The maximum Gasteiger partial charge on any atom is 0.322 e. The zero-order chi connectivity index (χ0) is 16.6. The molecule has 9 heteroatoms. The molecule has 1 aromatic heterocycles. The van der Waals surface area contributed by atoms with Crippen LogP contribution >= 0.6 is 0 Å². The number of carboxylic acids is 1. The van der Waals surface area contributed by atoms with Crippen molar-refractivity contribution in [2.75, 3.05) is 0 Å². The summed E-state index contributed by atoms with van der Waals surface area (Å²) in [5.74, 6) is -2.05. The van der Waals surface area contributed by atoms with E-state index in [4.69, 9.17) is 10.8 Å². The summed E-state index contributed by atoms with van der Waals surface area (Å²) in [4.78, 5) is 22.2. The Morgan fingerprint density at radius 1 is 1.38 bits per heavy atom. The van der Waals surface area contributed by atoms with E-state index >= 15 is 0 Å². The van der Waals surface area contributed by atoms with E-state index in [0.717, 1.165) is 6.07 Å². The van der Waals surface area contributed by atoms with Gasteiger partial charge in [0, 0.05) is 13.2 Å². The van der Waals surface area contributed by atoms with Gasteiger partial charge >= 0.3 is 5.97 Å². The van der Waals surface area contributed by atoms with Crippen LogP contribution in [0.3, 0.4) is 0 Å². The van der Waals surface area contributed by atoms with Gasteiger partial charge in [-0.05, 0) is 11.5 Å². The molecule has 118 valence electrons. The quantitative estimate of drug-likeness (QED) is 0.698. The van der Waals surface area contributed by atoms with Crippen molar-refractivity contribution in [2.45, 2.75) is 31.7 Å². The van der Waals surface area contributed by atoms with Crippen LogP contribution in [0, 0.1) is 5.41 Å².